The van der Waals surface area contributed by atoms with Crippen LogP contribution in [0.2, 0.25) is 0 Å². The first-order chi connectivity index (χ1) is 12.8. The molecule has 1 atom stereocenters. The minimum absolute atomic E-state index is 0.139. The number of aryl methyl sites for hydroxylation is 2. The van der Waals surface area contributed by atoms with E-state index in [1.807, 2.05) is 24.0 Å². The van der Waals surface area contributed by atoms with Crippen molar-refractivity contribution in [2.45, 2.75) is 46.1 Å². The van der Waals surface area contributed by atoms with Gasteiger partial charge in [0.2, 0.25) is 11.8 Å². The third-order valence-electron chi connectivity index (χ3n) is 5.93. The largest absolute Gasteiger partial charge is 0.423 e. The molecule has 4 rings (SSSR count). The standard InChI is InChI=1S/C21H28N4O2/c1-13(2)18-22-23-19(27-18)17-9-21(10-24(17)5)11-25(12-21)20(26)16-7-6-14(3)8-15(16)4/h6-8,13,17H,9-12H2,1-5H3. The third kappa shape index (κ3) is 3.16. The Balaban J connectivity index is 1.44. The number of rotatable bonds is 3. The number of aromatic nitrogens is 2. The first kappa shape index (κ1) is 18.2. The lowest BCUT2D eigenvalue weighted by atomic mass is 9.77. The molecule has 1 spiro atoms. The molecular weight excluding hydrogens is 340 g/mol. The summed E-state index contributed by atoms with van der Waals surface area (Å²) in [5, 5.41) is 8.45. The second kappa shape index (κ2) is 6.44. The normalized spacial score (nSPS) is 21.9. The van der Waals surface area contributed by atoms with E-state index in [0.717, 1.165) is 37.2 Å². The molecule has 2 aromatic rings. The van der Waals surface area contributed by atoms with E-state index in [1.54, 1.807) is 0 Å². The van der Waals surface area contributed by atoms with Crippen LogP contribution < -0.4 is 0 Å². The predicted octanol–water partition coefficient (Wildman–Crippen LogP) is 3.33. The Labute approximate surface area is 160 Å². The summed E-state index contributed by atoms with van der Waals surface area (Å²) in [5.41, 5.74) is 3.19. The molecule has 1 aromatic heterocycles. The first-order valence-corrected chi connectivity index (χ1v) is 9.68. The van der Waals surface area contributed by atoms with Crippen LogP contribution in [0, 0.1) is 19.3 Å². The van der Waals surface area contributed by atoms with Gasteiger partial charge in [-0.25, -0.2) is 0 Å². The molecule has 6 nitrogen and oxygen atoms in total. The number of hydrogen-bond acceptors (Lipinski definition) is 5. The van der Waals surface area contributed by atoms with Crippen LogP contribution in [-0.4, -0.2) is 52.6 Å². The van der Waals surface area contributed by atoms with E-state index in [-0.39, 0.29) is 23.3 Å². The van der Waals surface area contributed by atoms with Crippen molar-refractivity contribution in [1.29, 1.82) is 0 Å². The van der Waals surface area contributed by atoms with Crippen molar-refractivity contribution >= 4 is 5.91 Å². The van der Waals surface area contributed by atoms with Crippen LogP contribution in [0.5, 0.6) is 0 Å². The van der Waals surface area contributed by atoms with Crippen LogP contribution in [0.3, 0.4) is 0 Å². The molecule has 0 N–H and O–H groups in total. The fourth-order valence-corrected chi connectivity index (χ4v) is 4.52. The summed E-state index contributed by atoms with van der Waals surface area (Å²) in [6.07, 6.45) is 0.958. The number of carbonyl (C=O) groups excluding carboxylic acids is 1. The first-order valence-electron chi connectivity index (χ1n) is 9.68. The average Bonchev–Trinajstić information content (AvgIpc) is 3.17. The second-order valence-corrected chi connectivity index (χ2v) is 8.75. The molecule has 1 amide bonds. The van der Waals surface area contributed by atoms with Crippen LogP contribution in [0.25, 0.3) is 0 Å². The zero-order chi connectivity index (χ0) is 19.3. The van der Waals surface area contributed by atoms with Gasteiger partial charge in [0.25, 0.3) is 5.91 Å². The van der Waals surface area contributed by atoms with Gasteiger partial charge in [0, 0.05) is 36.5 Å². The van der Waals surface area contributed by atoms with Gasteiger partial charge in [-0.2, -0.15) is 0 Å². The summed E-state index contributed by atoms with van der Waals surface area (Å²) in [6.45, 7) is 10.7. The lowest BCUT2D eigenvalue weighted by molar-refractivity contribution is 0.0114. The molecule has 2 aliphatic heterocycles. The number of nitrogens with zero attached hydrogens (tertiary/aromatic N) is 4. The Kier molecular flexibility index (Phi) is 4.34. The molecule has 2 aliphatic rings. The highest BCUT2D eigenvalue weighted by atomic mass is 16.4. The third-order valence-corrected chi connectivity index (χ3v) is 5.93. The van der Waals surface area contributed by atoms with Crippen LogP contribution in [0.1, 0.15) is 65.5 Å². The van der Waals surface area contributed by atoms with E-state index >= 15 is 0 Å². The Bertz CT molecular complexity index is 867. The summed E-state index contributed by atoms with van der Waals surface area (Å²) in [4.78, 5) is 17.1. The van der Waals surface area contributed by atoms with E-state index in [9.17, 15) is 4.79 Å². The molecule has 27 heavy (non-hydrogen) atoms. The van der Waals surface area contributed by atoms with Crippen LogP contribution >= 0.6 is 0 Å². The van der Waals surface area contributed by atoms with Gasteiger partial charge in [0.15, 0.2) is 0 Å². The maximum absolute atomic E-state index is 12.9. The van der Waals surface area contributed by atoms with Crippen molar-refractivity contribution in [3.05, 3.63) is 46.7 Å². The van der Waals surface area contributed by atoms with E-state index in [4.69, 9.17) is 4.42 Å². The highest BCUT2D eigenvalue weighted by Gasteiger charge is 2.53. The maximum Gasteiger partial charge on any atom is 0.254 e. The van der Waals surface area contributed by atoms with Crippen molar-refractivity contribution in [3.8, 4) is 0 Å². The minimum atomic E-state index is 0.139. The number of amides is 1. The molecule has 1 unspecified atom stereocenters. The number of hydrogen-bond donors (Lipinski definition) is 0. The summed E-state index contributed by atoms with van der Waals surface area (Å²) >= 11 is 0. The Hall–Kier alpha value is -2.21. The van der Waals surface area contributed by atoms with E-state index < -0.39 is 0 Å². The van der Waals surface area contributed by atoms with Crippen LogP contribution in [0.15, 0.2) is 22.6 Å². The second-order valence-electron chi connectivity index (χ2n) is 8.75. The summed E-state index contributed by atoms with van der Waals surface area (Å²) in [5.74, 6) is 1.78. The van der Waals surface area contributed by atoms with E-state index in [1.165, 1.54) is 5.56 Å². The van der Waals surface area contributed by atoms with Gasteiger partial charge in [0.1, 0.15) is 0 Å². The van der Waals surface area contributed by atoms with Crippen molar-refractivity contribution in [3.63, 3.8) is 0 Å². The van der Waals surface area contributed by atoms with Crippen molar-refractivity contribution in [2.75, 3.05) is 26.7 Å². The van der Waals surface area contributed by atoms with E-state index in [0.29, 0.717) is 11.8 Å². The Morgan fingerprint density at radius 3 is 2.59 bits per heavy atom. The molecular formula is C21H28N4O2. The van der Waals surface area contributed by atoms with Gasteiger partial charge in [-0.3, -0.25) is 9.69 Å². The molecule has 0 aliphatic carbocycles. The van der Waals surface area contributed by atoms with Crippen molar-refractivity contribution in [2.24, 2.45) is 5.41 Å². The highest BCUT2D eigenvalue weighted by molar-refractivity contribution is 5.96. The number of likely N-dealkylation sites (tertiary alicyclic amines) is 2. The molecule has 144 valence electrons. The maximum atomic E-state index is 12.9. The number of carbonyl (C=O) groups is 1. The smallest absolute Gasteiger partial charge is 0.254 e. The molecule has 3 heterocycles. The van der Waals surface area contributed by atoms with Crippen molar-refractivity contribution < 1.29 is 9.21 Å². The molecule has 2 fully saturated rings. The zero-order valence-corrected chi connectivity index (χ0v) is 16.8. The van der Waals surface area contributed by atoms with Gasteiger partial charge in [-0.1, -0.05) is 31.5 Å². The van der Waals surface area contributed by atoms with Gasteiger partial charge < -0.3 is 9.32 Å². The minimum Gasteiger partial charge on any atom is -0.423 e. The summed E-state index contributed by atoms with van der Waals surface area (Å²) < 4.78 is 5.89. The topological polar surface area (TPSA) is 62.5 Å². The quantitative estimate of drug-likeness (QED) is 0.832. The van der Waals surface area contributed by atoms with Gasteiger partial charge in [-0.15, -0.1) is 10.2 Å². The predicted molar refractivity (Wildman–Crippen MR) is 103 cm³/mol. The molecule has 6 heteroatoms. The van der Waals surface area contributed by atoms with Crippen LogP contribution in [0.4, 0.5) is 0 Å². The number of benzene rings is 1. The fraction of sp³-hybridized carbons (Fsp3) is 0.571. The summed E-state index contributed by atoms with van der Waals surface area (Å²) in [6, 6.07) is 6.18. The molecule has 0 saturated carbocycles. The fourth-order valence-electron chi connectivity index (χ4n) is 4.52. The van der Waals surface area contributed by atoms with Gasteiger partial charge in [0.05, 0.1) is 6.04 Å². The SMILES string of the molecule is Cc1ccc(C(=O)N2CC3(CC(c4nnc(C(C)C)o4)N(C)C3)C2)c(C)c1. The monoisotopic (exact) mass is 368 g/mol. The van der Waals surface area contributed by atoms with E-state index in [2.05, 4.69) is 49.0 Å². The molecule has 0 bridgehead atoms. The average molecular weight is 368 g/mol. The summed E-state index contributed by atoms with van der Waals surface area (Å²) in [7, 11) is 2.10. The van der Waals surface area contributed by atoms with Crippen molar-refractivity contribution in [1.82, 2.24) is 20.0 Å². The lowest BCUT2D eigenvalue weighted by Gasteiger charge is -2.48. The van der Waals surface area contributed by atoms with Gasteiger partial charge in [-0.05, 0) is 38.9 Å². The molecule has 2 saturated heterocycles. The molecule has 1 aromatic carbocycles. The van der Waals surface area contributed by atoms with Crippen LogP contribution in [-0.2, 0) is 0 Å². The van der Waals surface area contributed by atoms with Gasteiger partial charge >= 0.3 is 0 Å². The lowest BCUT2D eigenvalue weighted by Crippen LogP contribution is -2.59. The zero-order valence-electron chi connectivity index (χ0n) is 16.8. The highest BCUT2D eigenvalue weighted by Crippen LogP contribution is 2.47. The Morgan fingerprint density at radius 1 is 1.22 bits per heavy atom. The molecule has 0 radical (unpaired) electrons. The Morgan fingerprint density at radius 2 is 1.96 bits per heavy atom.